The Morgan fingerprint density at radius 3 is 1.90 bits per heavy atom. The zero-order valence-corrected chi connectivity index (χ0v) is 18.8. The summed E-state index contributed by atoms with van der Waals surface area (Å²) in [4.78, 5) is 49.6. The summed E-state index contributed by atoms with van der Waals surface area (Å²) < 4.78 is 5.71. The Morgan fingerprint density at radius 1 is 0.931 bits per heavy atom. The van der Waals surface area contributed by atoms with Crippen molar-refractivity contribution in [1.82, 2.24) is 15.5 Å². The van der Waals surface area contributed by atoms with E-state index in [2.05, 4.69) is 10.6 Å². The van der Waals surface area contributed by atoms with E-state index in [1.807, 2.05) is 27.7 Å². The van der Waals surface area contributed by atoms with Gasteiger partial charge in [-0.25, -0.2) is 4.79 Å². The first-order valence-electron chi connectivity index (χ1n) is 9.96. The maximum Gasteiger partial charge on any atom is 0.326 e. The van der Waals surface area contributed by atoms with Crippen LogP contribution in [-0.2, 0) is 23.9 Å². The Bertz CT molecular complexity index is 579. The van der Waals surface area contributed by atoms with Crippen LogP contribution in [0.4, 0.5) is 0 Å². The van der Waals surface area contributed by atoms with E-state index in [1.165, 1.54) is 25.8 Å². The van der Waals surface area contributed by atoms with Crippen molar-refractivity contribution < 1.29 is 29.0 Å². The van der Waals surface area contributed by atoms with Crippen LogP contribution in [-0.4, -0.2) is 71.6 Å². The molecule has 0 fully saturated rings. The summed E-state index contributed by atoms with van der Waals surface area (Å²) in [5.41, 5.74) is 0. The number of likely N-dealkylation sites (N-methyl/N-ethyl adjacent to an activating group) is 1. The molecule has 4 unspecified atom stereocenters. The minimum Gasteiger partial charge on any atom is -0.480 e. The maximum absolute atomic E-state index is 12.8. The molecule has 168 valence electrons. The van der Waals surface area contributed by atoms with E-state index in [0.717, 1.165) is 0 Å². The first-order chi connectivity index (χ1) is 13.3. The van der Waals surface area contributed by atoms with Crippen LogP contribution in [0.2, 0.25) is 0 Å². The molecule has 0 radical (unpaired) electrons. The summed E-state index contributed by atoms with van der Waals surface area (Å²) in [6, 6.07) is -2.94. The van der Waals surface area contributed by atoms with Gasteiger partial charge >= 0.3 is 5.97 Å². The normalized spacial score (nSPS) is 15.4. The van der Waals surface area contributed by atoms with Gasteiger partial charge in [0.05, 0.1) is 6.10 Å². The van der Waals surface area contributed by atoms with Crippen molar-refractivity contribution in [3.63, 3.8) is 0 Å². The van der Waals surface area contributed by atoms with E-state index in [0.29, 0.717) is 6.61 Å². The van der Waals surface area contributed by atoms with Crippen LogP contribution in [0.25, 0.3) is 0 Å². The van der Waals surface area contributed by atoms with E-state index in [-0.39, 0.29) is 24.2 Å². The third-order valence-corrected chi connectivity index (χ3v) is 4.39. The second-order valence-corrected chi connectivity index (χ2v) is 8.27. The largest absolute Gasteiger partial charge is 0.480 e. The number of nitrogens with one attached hydrogen (secondary N) is 2. The number of amides is 3. The maximum atomic E-state index is 12.8. The first kappa shape index (κ1) is 26.8. The molecule has 29 heavy (non-hydrogen) atoms. The lowest BCUT2D eigenvalue weighted by molar-refractivity contribution is -0.145. The van der Waals surface area contributed by atoms with Crippen LogP contribution in [0, 0.1) is 11.8 Å². The number of hydrogen-bond acceptors (Lipinski definition) is 5. The predicted octanol–water partition coefficient (Wildman–Crippen LogP) is 1.01. The van der Waals surface area contributed by atoms with Gasteiger partial charge in [-0.05, 0) is 32.1 Å². The molecule has 0 aromatic carbocycles. The second kappa shape index (κ2) is 12.4. The molecule has 0 aliphatic heterocycles. The van der Waals surface area contributed by atoms with Gasteiger partial charge in [0.25, 0.3) is 0 Å². The highest BCUT2D eigenvalue weighted by Crippen LogP contribution is 2.10. The third-order valence-electron chi connectivity index (χ3n) is 4.39. The number of carbonyl (C=O) groups excluding carboxylic acids is 3. The summed E-state index contributed by atoms with van der Waals surface area (Å²) in [7, 11) is 1.50. The van der Waals surface area contributed by atoms with Crippen molar-refractivity contribution >= 4 is 23.7 Å². The number of nitrogens with zero attached hydrogens (tertiary/aromatic N) is 1. The number of aliphatic carboxylic acids is 1. The van der Waals surface area contributed by atoms with Gasteiger partial charge in [-0.3, -0.25) is 14.4 Å². The first-order valence-corrected chi connectivity index (χ1v) is 9.96. The number of carboxylic acids is 1. The van der Waals surface area contributed by atoms with Crippen LogP contribution in [0.5, 0.6) is 0 Å². The monoisotopic (exact) mass is 415 g/mol. The average Bonchev–Trinajstić information content (AvgIpc) is 2.58. The molecule has 0 aliphatic carbocycles. The van der Waals surface area contributed by atoms with Crippen LogP contribution in [0.15, 0.2) is 0 Å². The van der Waals surface area contributed by atoms with E-state index in [1.54, 1.807) is 6.92 Å². The lowest BCUT2D eigenvalue weighted by Gasteiger charge is -2.32. The van der Waals surface area contributed by atoms with Crippen molar-refractivity contribution in [2.75, 3.05) is 13.7 Å². The molecule has 0 rings (SSSR count). The number of hydrogen-bond donors (Lipinski definition) is 3. The number of ether oxygens (including phenoxy) is 1. The molecule has 0 heterocycles. The fraction of sp³-hybridized carbons (Fsp3) is 0.800. The van der Waals surface area contributed by atoms with Gasteiger partial charge in [-0.1, -0.05) is 27.7 Å². The fourth-order valence-electron chi connectivity index (χ4n) is 2.69. The molecular formula is C20H37N3O6. The van der Waals surface area contributed by atoms with Crippen molar-refractivity contribution in [3.05, 3.63) is 0 Å². The van der Waals surface area contributed by atoms with Crippen molar-refractivity contribution in [2.24, 2.45) is 11.8 Å². The van der Waals surface area contributed by atoms with Gasteiger partial charge in [0.2, 0.25) is 17.7 Å². The van der Waals surface area contributed by atoms with Crippen LogP contribution in [0.3, 0.4) is 0 Å². The van der Waals surface area contributed by atoms with Crippen molar-refractivity contribution in [2.45, 2.75) is 79.1 Å². The second-order valence-electron chi connectivity index (χ2n) is 8.27. The van der Waals surface area contributed by atoms with Crippen LogP contribution in [0.1, 0.15) is 54.9 Å². The highest BCUT2D eigenvalue weighted by molar-refractivity contribution is 5.93. The number of carbonyl (C=O) groups is 4. The fourth-order valence-corrected chi connectivity index (χ4v) is 2.69. The lowest BCUT2D eigenvalue weighted by atomic mass is 10.0. The molecule has 3 amide bonds. The molecule has 0 bridgehead atoms. The molecule has 0 saturated heterocycles. The van der Waals surface area contributed by atoms with Gasteiger partial charge in [0.15, 0.2) is 0 Å². The van der Waals surface area contributed by atoms with E-state index in [9.17, 15) is 24.3 Å². The molecule has 0 saturated carbocycles. The van der Waals surface area contributed by atoms with Crippen LogP contribution < -0.4 is 10.6 Å². The summed E-state index contributed by atoms with van der Waals surface area (Å²) in [6.07, 6.45) is -0.313. The van der Waals surface area contributed by atoms with Gasteiger partial charge in [0, 0.05) is 20.6 Å². The Balaban J connectivity index is 5.19. The van der Waals surface area contributed by atoms with Crippen molar-refractivity contribution in [1.29, 1.82) is 0 Å². The summed E-state index contributed by atoms with van der Waals surface area (Å²) in [5.74, 6) is -2.26. The SMILES string of the molecule is CC(=O)N(C)C(C(=O)NC(C)C(=O)NC(CC(C)C)C(=O)O)C(C)OCC(C)C. The van der Waals surface area contributed by atoms with Gasteiger partial charge < -0.3 is 25.4 Å². The molecule has 4 atom stereocenters. The van der Waals surface area contributed by atoms with Crippen LogP contribution >= 0.6 is 0 Å². The molecule has 0 spiro atoms. The van der Waals surface area contributed by atoms with Gasteiger partial charge in [-0.2, -0.15) is 0 Å². The molecule has 9 heteroatoms. The molecule has 0 aliphatic rings. The Hall–Kier alpha value is -2.16. The predicted molar refractivity (Wildman–Crippen MR) is 109 cm³/mol. The Morgan fingerprint density at radius 2 is 1.48 bits per heavy atom. The standard InChI is InChI=1S/C20H37N3O6/c1-11(2)9-16(20(27)28)22-18(25)13(5)21-19(26)17(23(8)15(7)24)14(6)29-10-12(3)4/h11-14,16-17H,9-10H2,1-8H3,(H,21,26)(H,22,25)(H,27,28). The van der Waals surface area contributed by atoms with Gasteiger partial charge in [0.1, 0.15) is 18.1 Å². The zero-order valence-electron chi connectivity index (χ0n) is 18.8. The minimum absolute atomic E-state index is 0.0776. The topological polar surface area (TPSA) is 125 Å². The molecule has 9 nitrogen and oxygen atoms in total. The summed E-state index contributed by atoms with van der Waals surface area (Å²) >= 11 is 0. The lowest BCUT2D eigenvalue weighted by Crippen LogP contribution is -2.58. The highest BCUT2D eigenvalue weighted by atomic mass is 16.5. The third kappa shape index (κ3) is 9.74. The summed E-state index contributed by atoms with van der Waals surface area (Å²) in [6.45, 7) is 12.6. The van der Waals surface area contributed by atoms with Crippen molar-refractivity contribution in [3.8, 4) is 0 Å². The minimum atomic E-state index is -1.13. The number of carboxylic acid groups (broad SMARTS) is 1. The van der Waals surface area contributed by atoms with E-state index >= 15 is 0 Å². The van der Waals surface area contributed by atoms with Gasteiger partial charge in [-0.15, -0.1) is 0 Å². The number of rotatable bonds is 12. The molecular weight excluding hydrogens is 378 g/mol. The quantitative estimate of drug-likeness (QED) is 0.437. The zero-order chi connectivity index (χ0) is 22.9. The Kier molecular flexibility index (Phi) is 11.5. The highest BCUT2D eigenvalue weighted by Gasteiger charge is 2.33. The summed E-state index contributed by atoms with van der Waals surface area (Å²) in [5, 5.41) is 14.3. The Labute approximate surface area is 173 Å². The smallest absolute Gasteiger partial charge is 0.326 e. The van der Waals surface area contributed by atoms with E-state index in [4.69, 9.17) is 4.74 Å². The molecule has 3 N–H and O–H groups in total. The molecule has 0 aromatic rings. The van der Waals surface area contributed by atoms with E-state index < -0.39 is 42.0 Å². The molecule has 0 aromatic heterocycles. The average molecular weight is 416 g/mol.